The van der Waals surface area contributed by atoms with E-state index in [2.05, 4.69) is 26.2 Å². The SMILES string of the molecule is C[C@@H](NC(=O)c1cc(-c2ccccn2)nc2ccc(Br)cc12)[C@@H]1CCCO1. The molecule has 0 aliphatic carbocycles. The number of benzene rings is 1. The molecule has 0 saturated carbocycles. The standard InChI is InChI=1S/C21H20BrN3O2/c1-13(20-6-4-10-27-20)24-21(26)16-12-19(18-5-2-3-9-23-18)25-17-8-7-14(22)11-15(16)17/h2-3,5,7-9,11-13,20H,4,6,10H2,1H3,(H,24,26)/t13-,20+/m1/s1. The Labute approximate surface area is 166 Å². The largest absolute Gasteiger partial charge is 0.376 e. The van der Waals surface area contributed by atoms with Crippen molar-refractivity contribution < 1.29 is 9.53 Å². The zero-order valence-corrected chi connectivity index (χ0v) is 16.6. The molecule has 6 heteroatoms. The van der Waals surface area contributed by atoms with Gasteiger partial charge in [-0.2, -0.15) is 0 Å². The Morgan fingerprint density at radius 2 is 2.15 bits per heavy atom. The Morgan fingerprint density at radius 3 is 2.89 bits per heavy atom. The number of nitrogens with zero attached hydrogens (tertiary/aromatic N) is 2. The number of hydrogen-bond donors (Lipinski definition) is 1. The number of pyridine rings is 2. The highest BCUT2D eigenvalue weighted by atomic mass is 79.9. The first-order valence-corrected chi connectivity index (χ1v) is 9.85. The summed E-state index contributed by atoms with van der Waals surface area (Å²) in [6.45, 7) is 2.76. The number of amides is 1. The van der Waals surface area contributed by atoms with Crippen LogP contribution in [0.1, 0.15) is 30.1 Å². The lowest BCUT2D eigenvalue weighted by atomic mass is 10.0. The summed E-state index contributed by atoms with van der Waals surface area (Å²) >= 11 is 3.49. The van der Waals surface area contributed by atoms with Gasteiger partial charge in [0.15, 0.2) is 0 Å². The van der Waals surface area contributed by atoms with Gasteiger partial charge in [-0.15, -0.1) is 0 Å². The van der Waals surface area contributed by atoms with Crippen LogP contribution in [-0.4, -0.2) is 34.6 Å². The molecule has 1 N–H and O–H groups in total. The van der Waals surface area contributed by atoms with Gasteiger partial charge in [0.05, 0.1) is 34.6 Å². The van der Waals surface area contributed by atoms with Crippen molar-refractivity contribution in [3.05, 3.63) is 58.7 Å². The summed E-state index contributed by atoms with van der Waals surface area (Å²) in [5.74, 6) is -0.124. The molecule has 1 saturated heterocycles. The molecule has 0 spiro atoms. The van der Waals surface area contributed by atoms with E-state index in [0.717, 1.165) is 40.5 Å². The first-order chi connectivity index (χ1) is 13.1. The Hall–Kier alpha value is -2.31. The van der Waals surface area contributed by atoms with Crippen molar-refractivity contribution in [1.82, 2.24) is 15.3 Å². The lowest BCUT2D eigenvalue weighted by Crippen LogP contribution is -2.40. The number of halogens is 1. The van der Waals surface area contributed by atoms with E-state index in [1.165, 1.54) is 0 Å². The van der Waals surface area contributed by atoms with Gasteiger partial charge in [-0.3, -0.25) is 9.78 Å². The number of fused-ring (bicyclic) bond motifs is 1. The molecule has 3 aromatic rings. The lowest BCUT2D eigenvalue weighted by Gasteiger charge is -2.20. The monoisotopic (exact) mass is 425 g/mol. The van der Waals surface area contributed by atoms with Crippen molar-refractivity contribution in [1.29, 1.82) is 0 Å². The van der Waals surface area contributed by atoms with E-state index in [0.29, 0.717) is 11.3 Å². The van der Waals surface area contributed by atoms with E-state index in [4.69, 9.17) is 9.72 Å². The second-order valence-corrected chi connectivity index (χ2v) is 7.66. The van der Waals surface area contributed by atoms with Gasteiger partial charge in [-0.1, -0.05) is 22.0 Å². The summed E-state index contributed by atoms with van der Waals surface area (Å²) in [6, 6.07) is 13.2. The molecule has 3 heterocycles. The van der Waals surface area contributed by atoms with Crippen LogP contribution < -0.4 is 5.32 Å². The number of carbonyl (C=O) groups is 1. The summed E-state index contributed by atoms with van der Waals surface area (Å²) in [7, 11) is 0. The fourth-order valence-corrected chi connectivity index (χ4v) is 3.77. The lowest BCUT2D eigenvalue weighted by molar-refractivity contribution is 0.0713. The molecule has 1 aliphatic rings. The molecule has 1 fully saturated rings. The summed E-state index contributed by atoms with van der Waals surface area (Å²) < 4.78 is 6.61. The third kappa shape index (κ3) is 3.87. The molecule has 1 aliphatic heterocycles. The van der Waals surface area contributed by atoms with Gasteiger partial charge in [0, 0.05) is 22.7 Å². The molecule has 0 bridgehead atoms. The third-order valence-electron chi connectivity index (χ3n) is 4.82. The number of nitrogens with one attached hydrogen (secondary N) is 1. The van der Waals surface area contributed by atoms with E-state index in [1.807, 2.05) is 49.4 Å². The van der Waals surface area contributed by atoms with Crippen molar-refractivity contribution in [3.63, 3.8) is 0 Å². The third-order valence-corrected chi connectivity index (χ3v) is 5.32. The van der Waals surface area contributed by atoms with Crippen LogP contribution in [0.2, 0.25) is 0 Å². The van der Waals surface area contributed by atoms with E-state index >= 15 is 0 Å². The van der Waals surface area contributed by atoms with Gasteiger partial charge in [-0.25, -0.2) is 4.98 Å². The van der Waals surface area contributed by atoms with Crippen molar-refractivity contribution in [2.75, 3.05) is 6.61 Å². The highest BCUT2D eigenvalue weighted by Crippen LogP contribution is 2.27. The number of ether oxygens (including phenoxy) is 1. The van der Waals surface area contributed by atoms with E-state index in [-0.39, 0.29) is 18.1 Å². The topological polar surface area (TPSA) is 64.1 Å². The fraction of sp³-hybridized carbons (Fsp3) is 0.286. The van der Waals surface area contributed by atoms with E-state index in [1.54, 1.807) is 6.20 Å². The maximum atomic E-state index is 13.1. The molecule has 0 unspecified atom stereocenters. The summed E-state index contributed by atoms with van der Waals surface area (Å²) in [5, 5.41) is 3.91. The highest BCUT2D eigenvalue weighted by molar-refractivity contribution is 9.10. The smallest absolute Gasteiger partial charge is 0.252 e. The van der Waals surface area contributed by atoms with Crippen molar-refractivity contribution >= 4 is 32.7 Å². The molecular formula is C21H20BrN3O2. The van der Waals surface area contributed by atoms with Crippen LogP contribution in [0.4, 0.5) is 0 Å². The van der Waals surface area contributed by atoms with E-state index < -0.39 is 0 Å². The van der Waals surface area contributed by atoms with Crippen LogP contribution in [0.15, 0.2) is 53.1 Å². The van der Waals surface area contributed by atoms with E-state index in [9.17, 15) is 4.79 Å². The Kier molecular flexibility index (Phi) is 5.18. The van der Waals surface area contributed by atoms with Crippen molar-refractivity contribution in [2.24, 2.45) is 0 Å². The van der Waals surface area contributed by atoms with Crippen LogP contribution in [0, 0.1) is 0 Å². The molecule has 2 atom stereocenters. The predicted molar refractivity (Wildman–Crippen MR) is 109 cm³/mol. The van der Waals surface area contributed by atoms with Gasteiger partial charge >= 0.3 is 0 Å². The average molecular weight is 426 g/mol. The molecule has 1 amide bonds. The maximum Gasteiger partial charge on any atom is 0.252 e. The molecule has 2 aromatic heterocycles. The number of aromatic nitrogens is 2. The Balaban J connectivity index is 1.75. The van der Waals surface area contributed by atoms with Crippen molar-refractivity contribution in [3.8, 4) is 11.4 Å². The summed E-state index contributed by atoms with van der Waals surface area (Å²) in [4.78, 5) is 22.2. The van der Waals surface area contributed by atoms with Crippen LogP contribution in [0.25, 0.3) is 22.3 Å². The average Bonchev–Trinajstić information content (AvgIpc) is 3.23. The van der Waals surface area contributed by atoms with Gasteiger partial charge in [0.25, 0.3) is 5.91 Å². The second-order valence-electron chi connectivity index (χ2n) is 6.75. The van der Waals surface area contributed by atoms with Gasteiger partial charge in [0.1, 0.15) is 0 Å². The zero-order valence-electron chi connectivity index (χ0n) is 15.0. The van der Waals surface area contributed by atoms with Crippen LogP contribution in [0.5, 0.6) is 0 Å². The Bertz CT molecular complexity index is 972. The summed E-state index contributed by atoms with van der Waals surface area (Å²) in [5.41, 5.74) is 2.77. The molecule has 4 rings (SSSR count). The molecule has 0 radical (unpaired) electrons. The summed E-state index contributed by atoms with van der Waals surface area (Å²) in [6.07, 6.45) is 3.81. The van der Waals surface area contributed by atoms with Gasteiger partial charge in [0.2, 0.25) is 0 Å². The normalized spacial score (nSPS) is 17.8. The van der Waals surface area contributed by atoms with Crippen LogP contribution >= 0.6 is 15.9 Å². The van der Waals surface area contributed by atoms with Crippen LogP contribution in [0.3, 0.4) is 0 Å². The quantitative estimate of drug-likeness (QED) is 0.674. The minimum atomic E-state index is -0.124. The van der Waals surface area contributed by atoms with Gasteiger partial charge in [-0.05, 0) is 56.2 Å². The number of hydrogen-bond acceptors (Lipinski definition) is 4. The zero-order chi connectivity index (χ0) is 18.8. The minimum absolute atomic E-state index is 0.0475. The van der Waals surface area contributed by atoms with Crippen molar-refractivity contribution in [2.45, 2.75) is 31.9 Å². The number of carbonyl (C=O) groups excluding carboxylic acids is 1. The fourth-order valence-electron chi connectivity index (χ4n) is 3.41. The number of rotatable bonds is 4. The first kappa shape index (κ1) is 18.1. The first-order valence-electron chi connectivity index (χ1n) is 9.06. The molecule has 5 nitrogen and oxygen atoms in total. The Morgan fingerprint density at radius 1 is 1.26 bits per heavy atom. The predicted octanol–water partition coefficient (Wildman–Crippen LogP) is 4.36. The second kappa shape index (κ2) is 7.74. The minimum Gasteiger partial charge on any atom is -0.376 e. The maximum absolute atomic E-state index is 13.1. The van der Waals surface area contributed by atoms with Crippen LogP contribution in [-0.2, 0) is 4.74 Å². The molecule has 138 valence electrons. The highest BCUT2D eigenvalue weighted by Gasteiger charge is 2.25. The molecular weight excluding hydrogens is 406 g/mol. The molecule has 1 aromatic carbocycles. The molecule has 27 heavy (non-hydrogen) atoms. The van der Waals surface area contributed by atoms with Gasteiger partial charge < -0.3 is 10.1 Å².